The van der Waals surface area contributed by atoms with Crippen molar-refractivity contribution in [1.29, 1.82) is 0 Å². The number of hydrogen-bond acceptors (Lipinski definition) is 4. The fraction of sp³-hybridized carbons (Fsp3) is 0.250. The molecule has 0 fully saturated rings. The van der Waals surface area contributed by atoms with Gasteiger partial charge in [0, 0.05) is 28.2 Å². The number of fused-ring (bicyclic) bond motifs is 1. The highest BCUT2D eigenvalue weighted by atomic mass is 35.5. The summed E-state index contributed by atoms with van der Waals surface area (Å²) in [6.07, 6.45) is 0. The lowest BCUT2D eigenvalue weighted by molar-refractivity contribution is 0.303. The lowest BCUT2D eigenvalue weighted by Crippen LogP contribution is -2.11. The van der Waals surface area contributed by atoms with Gasteiger partial charge in [-0.1, -0.05) is 41.4 Å². The number of aromatic nitrogens is 1. The second-order valence-electron chi connectivity index (χ2n) is 6.00. The van der Waals surface area contributed by atoms with Gasteiger partial charge in [-0.05, 0) is 37.6 Å². The molecule has 0 aliphatic carbocycles. The van der Waals surface area contributed by atoms with Crippen molar-refractivity contribution in [3.05, 3.63) is 63.3 Å². The summed E-state index contributed by atoms with van der Waals surface area (Å²) in [6, 6.07) is 11.5. The molecule has 0 aliphatic rings. The first-order valence-corrected chi connectivity index (χ1v) is 9.06. The number of halogens is 2. The van der Waals surface area contributed by atoms with E-state index in [1.54, 1.807) is 12.1 Å². The molecule has 0 unspecified atom stereocenters. The second kappa shape index (κ2) is 8.12. The molecule has 2 aromatic carbocycles. The molecule has 2 N–H and O–H groups in total. The molecule has 26 heavy (non-hydrogen) atoms. The number of nitrogens with zero attached hydrogens (tertiary/aromatic N) is 1. The Morgan fingerprint density at radius 2 is 1.77 bits per heavy atom. The number of hydrogen-bond donors (Lipinski definition) is 1. The van der Waals surface area contributed by atoms with Crippen LogP contribution in [0.2, 0.25) is 10.0 Å². The minimum absolute atomic E-state index is 0.215. The third kappa shape index (κ3) is 3.88. The Bertz CT molecular complexity index is 939. The van der Waals surface area contributed by atoms with Crippen LogP contribution in [0.5, 0.6) is 11.5 Å². The Labute approximate surface area is 162 Å². The zero-order valence-corrected chi connectivity index (χ0v) is 16.2. The summed E-state index contributed by atoms with van der Waals surface area (Å²) >= 11 is 12.8. The van der Waals surface area contributed by atoms with Crippen LogP contribution >= 0.6 is 23.2 Å². The zero-order chi connectivity index (χ0) is 18.7. The first kappa shape index (κ1) is 18.8. The lowest BCUT2D eigenvalue weighted by atomic mass is 10.1. The van der Waals surface area contributed by atoms with Gasteiger partial charge in [0.25, 0.3) is 0 Å². The van der Waals surface area contributed by atoms with Crippen molar-refractivity contribution in [2.45, 2.75) is 20.5 Å². The van der Waals surface area contributed by atoms with E-state index in [0.717, 1.165) is 27.9 Å². The van der Waals surface area contributed by atoms with Gasteiger partial charge < -0.3 is 15.2 Å². The van der Waals surface area contributed by atoms with Gasteiger partial charge >= 0.3 is 0 Å². The van der Waals surface area contributed by atoms with Gasteiger partial charge in [0.15, 0.2) is 0 Å². The maximum atomic E-state index is 6.45. The SMILES string of the molecule is Cc1ccc2ccc(C)c(OCc3c(Cl)ccc(OCCN)c3Cl)c2n1. The molecule has 0 radical (unpaired) electrons. The third-order valence-corrected chi connectivity index (χ3v) is 4.81. The highest BCUT2D eigenvalue weighted by Gasteiger charge is 2.15. The van der Waals surface area contributed by atoms with Crippen LogP contribution in [0.15, 0.2) is 36.4 Å². The number of benzene rings is 2. The van der Waals surface area contributed by atoms with E-state index in [4.69, 9.17) is 38.4 Å². The van der Waals surface area contributed by atoms with Crippen LogP contribution in [0, 0.1) is 13.8 Å². The Balaban J connectivity index is 1.93. The van der Waals surface area contributed by atoms with Crippen LogP contribution in [-0.4, -0.2) is 18.1 Å². The molecule has 0 aliphatic heterocycles. The molecule has 3 aromatic rings. The maximum Gasteiger partial charge on any atom is 0.148 e. The Morgan fingerprint density at radius 1 is 1.00 bits per heavy atom. The normalized spacial score (nSPS) is 11.0. The van der Waals surface area contributed by atoms with Crippen LogP contribution in [0.1, 0.15) is 16.8 Å². The fourth-order valence-electron chi connectivity index (χ4n) is 2.68. The molecular weight excluding hydrogens is 371 g/mol. The van der Waals surface area contributed by atoms with Gasteiger partial charge in [-0.2, -0.15) is 0 Å². The molecule has 1 heterocycles. The molecule has 0 atom stereocenters. The number of rotatable bonds is 6. The largest absolute Gasteiger partial charge is 0.491 e. The van der Waals surface area contributed by atoms with Gasteiger partial charge in [-0.15, -0.1) is 0 Å². The highest BCUT2D eigenvalue weighted by Crippen LogP contribution is 2.35. The van der Waals surface area contributed by atoms with Crippen LogP contribution < -0.4 is 15.2 Å². The van der Waals surface area contributed by atoms with E-state index in [1.807, 2.05) is 38.1 Å². The molecule has 3 rings (SSSR count). The Hall–Kier alpha value is -2.01. The first-order valence-electron chi connectivity index (χ1n) is 8.30. The standard InChI is InChI=1S/C20H20Cl2N2O2/c1-12-3-5-14-6-4-13(2)24-19(14)20(12)26-11-15-16(21)7-8-17(18(15)22)25-10-9-23/h3-8H,9-11,23H2,1-2H3. The molecule has 0 spiro atoms. The summed E-state index contributed by atoms with van der Waals surface area (Å²) in [5.41, 5.74) is 8.91. The number of pyridine rings is 1. The minimum Gasteiger partial charge on any atom is -0.491 e. The average Bonchev–Trinajstić information content (AvgIpc) is 2.62. The van der Waals surface area contributed by atoms with Gasteiger partial charge in [-0.3, -0.25) is 0 Å². The van der Waals surface area contributed by atoms with E-state index >= 15 is 0 Å². The van der Waals surface area contributed by atoms with E-state index in [9.17, 15) is 0 Å². The Kier molecular flexibility index (Phi) is 5.87. The van der Waals surface area contributed by atoms with Crippen LogP contribution in [0.25, 0.3) is 10.9 Å². The molecule has 0 bridgehead atoms. The van der Waals surface area contributed by atoms with Crippen molar-refractivity contribution < 1.29 is 9.47 Å². The van der Waals surface area contributed by atoms with Crippen molar-refractivity contribution in [3.8, 4) is 11.5 Å². The van der Waals surface area contributed by atoms with E-state index in [1.165, 1.54) is 0 Å². The second-order valence-corrected chi connectivity index (χ2v) is 6.78. The van der Waals surface area contributed by atoms with E-state index in [-0.39, 0.29) is 6.61 Å². The van der Waals surface area contributed by atoms with E-state index in [0.29, 0.717) is 34.5 Å². The predicted molar refractivity (Wildman–Crippen MR) is 107 cm³/mol. The van der Waals surface area contributed by atoms with Crippen molar-refractivity contribution >= 4 is 34.1 Å². The summed E-state index contributed by atoms with van der Waals surface area (Å²) in [7, 11) is 0. The van der Waals surface area contributed by atoms with Gasteiger partial charge in [-0.25, -0.2) is 4.98 Å². The predicted octanol–water partition coefficient (Wildman–Crippen LogP) is 5.07. The summed E-state index contributed by atoms with van der Waals surface area (Å²) in [6.45, 7) is 4.95. The smallest absolute Gasteiger partial charge is 0.148 e. The van der Waals surface area contributed by atoms with Crippen molar-refractivity contribution in [3.63, 3.8) is 0 Å². The highest BCUT2D eigenvalue weighted by molar-refractivity contribution is 6.36. The van der Waals surface area contributed by atoms with Gasteiger partial charge in [0.1, 0.15) is 30.2 Å². The molecule has 0 amide bonds. The molecule has 0 saturated carbocycles. The van der Waals surface area contributed by atoms with Crippen LogP contribution in [0.3, 0.4) is 0 Å². The topological polar surface area (TPSA) is 57.4 Å². The first-order chi connectivity index (χ1) is 12.5. The maximum absolute atomic E-state index is 6.45. The lowest BCUT2D eigenvalue weighted by Gasteiger charge is -2.15. The Morgan fingerprint density at radius 3 is 2.54 bits per heavy atom. The summed E-state index contributed by atoms with van der Waals surface area (Å²) < 4.78 is 11.7. The van der Waals surface area contributed by atoms with Crippen molar-refractivity contribution in [2.75, 3.05) is 13.2 Å². The molecule has 136 valence electrons. The van der Waals surface area contributed by atoms with Crippen molar-refractivity contribution in [1.82, 2.24) is 4.98 Å². The summed E-state index contributed by atoms with van der Waals surface area (Å²) in [5.74, 6) is 1.27. The number of aryl methyl sites for hydroxylation is 2. The molecular formula is C20H20Cl2N2O2. The monoisotopic (exact) mass is 390 g/mol. The van der Waals surface area contributed by atoms with Crippen LogP contribution in [-0.2, 0) is 6.61 Å². The van der Waals surface area contributed by atoms with Gasteiger partial charge in [0.05, 0.1) is 5.02 Å². The molecule has 1 aromatic heterocycles. The summed E-state index contributed by atoms with van der Waals surface area (Å²) in [5, 5.41) is 1.98. The summed E-state index contributed by atoms with van der Waals surface area (Å²) in [4.78, 5) is 4.62. The molecule has 6 heteroatoms. The van der Waals surface area contributed by atoms with Crippen LogP contribution in [0.4, 0.5) is 0 Å². The zero-order valence-electron chi connectivity index (χ0n) is 14.7. The fourth-order valence-corrected chi connectivity index (χ4v) is 3.21. The average molecular weight is 391 g/mol. The number of nitrogens with two attached hydrogens (primary N) is 1. The number of ether oxygens (including phenoxy) is 2. The van der Waals surface area contributed by atoms with Crippen molar-refractivity contribution in [2.24, 2.45) is 5.73 Å². The minimum atomic E-state index is 0.215. The van der Waals surface area contributed by atoms with E-state index in [2.05, 4.69) is 4.98 Å². The quantitative estimate of drug-likeness (QED) is 0.637. The van der Waals surface area contributed by atoms with E-state index < -0.39 is 0 Å². The van der Waals surface area contributed by atoms with Gasteiger partial charge in [0.2, 0.25) is 0 Å². The third-order valence-electron chi connectivity index (χ3n) is 4.04. The molecule has 4 nitrogen and oxygen atoms in total. The molecule has 0 saturated heterocycles.